The maximum atomic E-state index is 12.2. The Hall–Kier alpha value is -1.07. The van der Waals surface area contributed by atoms with Gasteiger partial charge in [0.25, 0.3) is 0 Å². The average molecular weight is 239 g/mol. The van der Waals surface area contributed by atoms with Gasteiger partial charge in [0.1, 0.15) is 10.4 Å². The van der Waals surface area contributed by atoms with Gasteiger partial charge in [-0.25, -0.2) is 0 Å². The number of hydrogen-bond donors (Lipinski definition) is 0. The second kappa shape index (κ2) is 3.21. The molecule has 0 spiro atoms. The monoisotopic (exact) mass is 239 g/mol. The van der Waals surface area contributed by atoms with E-state index < -0.39 is 11.1 Å². The largest absolute Gasteiger partial charge is 0.714 e. The molecule has 5 heteroatoms. The predicted octanol–water partition coefficient (Wildman–Crippen LogP) is 2.22. The summed E-state index contributed by atoms with van der Waals surface area (Å²) < 4.78 is 0.839. The molecule has 0 aromatic carbocycles. The van der Waals surface area contributed by atoms with Gasteiger partial charge in [-0.05, 0) is 39.1 Å². The maximum absolute atomic E-state index is 12.2. The zero-order chi connectivity index (χ0) is 12.1. The summed E-state index contributed by atoms with van der Waals surface area (Å²) in [5.41, 5.74) is -1.46. The summed E-state index contributed by atoms with van der Waals surface area (Å²) >= 11 is 1.41. The highest BCUT2D eigenvalue weighted by Gasteiger charge is 2.60. The molecule has 0 bridgehead atoms. The molecular weight excluding hydrogens is 224 g/mol. The number of hydrogen-bond acceptors (Lipinski definition) is 3. The second-order valence-corrected chi connectivity index (χ2v) is 5.96. The van der Waals surface area contributed by atoms with E-state index in [1.165, 1.54) is 11.3 Å². The molecule has 2 rings (SSSR count). The maximum Gasteiger partial charge on any atom is 0.326 e. The van der Waals surface area contributed by atoms with Crippen molar-refractivity contribution in [1.82, 2.24) is 5.06 Å². The van der Waals surface area contributed by atoms with E-state index in [9.17, 15) is 10.4 Å². The molecule has 0 atom stereocenters. The first kappa shape index (κ1) is 11.4. The Kier molecular flexibility index (Phi) is 2.29. The van der Waals surface area contributed by atoms with Crippen molar-refractivity contribution in [2.75, 3.05) is 0 Å². The van der Waals surface area contributed by atoms with E-state index in [1.54, 1.807) is 33.8 Å². The van der Waals surface area contributed by atoms with E-state index in [4.69, 9.17) is 0 Å². The summed E-state index contributed by atoms with van der Waals surface area (Å²) in [5.74, 6) is 0.227. The van der Waals surface area contributed by atoms with Crippen LogP contribution < -0.4 is 0 Å². The predicted molar refractivity (Wildman–Crippen MR) is 62.7 cm³/mol. The molecule has 1 radical (unpaired) electrons. The standard InChI is InChI=1S/C11H15N2O2S/c1-10(2)11(3,4)13(15)9(12(10)14)8-6-5-7-16-8/h5-7H,1-4H3. The lowest BCUT2D eigenvalue weighted by Crippen LogP contribution is -2.53. The molecule has 0 fully saturated rings. The number of rotatable bonds is 1. The van der Waals surface area contributed by atoms with Crippen LogP contribution in [0.1, 0.15) is 32.6 Å². The van der Waals surface area contributed by atoms with Gasteiger partial charge in [-0.15, -0.1) is 11.3 Å². The molecule has 16 heavy (non-hydrogen) atoms. The summed E-state index contributed by atoms with van der Waals surface area (Å²) in [5, 5.41) is 27.1. The Bertz CT molecular complexity index is 435. The molecule has 0 aliphatic carbocycles. The molecule has 4 nitrogen and oxygen atoms in total. The lowest BCUT2D eigenvalue weighted by atomic mass is 9.84. The lowest BCUT2D eigenvalue weighted by Gasteiger charge is -2.32. The smallest absolute Gasteiger partial charge is 0.326 e. The van der Waals surface area contributed by atoms with Crippen LogP contribution in [0.4, 0.5) is 0 Å². The van der Waals surface area contributed by atoms with Gasteiger partial charge in [0, 0.05) is 5.21 Å². The SMILES string of the molecule is CC1(C)N([O])C(c2cccs2)=[N+]([O-])C1(C)C. The highest BCUT2D eigenvalue weighted by atomic mass is 32.1. The first-order valence-electron chi connectivity index (χ1n) is 5.15. The Labute approximate surface area is 99.0 Å². The van der Waals surface area contributed by atoms with Crippen LogP contribution in [-0.2, 0) is 5.21 Å². The van der Waals surface area contributed by atoms with Crippen molar-refractivity contribution in [3.8, 4) is 0 Å². The van der Waals surface area contributed by atoms with Crippen LogP contribution in [-0.4, -0.2) is 26.7 Å². The quantitative estimate of drug-likeness (QED) is 0.557. The van der Waals surface area contributed by atoms with E-state index in [0.29, 0.717) is 0 Å². The zero-order valence-corrected chi connectivity index (χ0v) is 10.7. The third-order valence-corrected chi connectivity index (χ3v) is 4.50. The van der Waals surface area contributed by atoms with Crippen LogP contribution in [0, 0.1) is 5.21 Å². The third kappa shape index (κ3) is 1.21. The highest BCUT2D eigenvalue weighted by Crippen LogP contribution is 2.37. The van der Waals surface area contributed by atoms with Crippen LogP contribution in [0.2, 0.25) is 0 Å². The summed E-state index contributed by atoms with van der Waals surface area (Å²) in [6.45, 7) is 7.19. The first-order valence-corrected chi connectivity index (χ1v) is 6.03. The minimum atomic E-state index is -0.728. The fourth-order valence-electron chi connectivity index (χ4n) is 1.71. The highest BCUT2D eigenvalue weighted by molar-refractivity contribution is 7.12. The van der Waals surface area contributed by atoms with Gasteiger partial charge >= 0.3 is 5.84 Å². The van der Waals surface area contributed by atoms with Crippen molar-refractivity contribution >= 4 is 17.2 Å². The van der Waals surface area contributed by atoms with Gasteiger partial charge in [-0.2, -0.15) is 0 Å². The summed E-state index contributed by atoms with van der Waals surface area (Å²) in [6, 6.07) is 3.64. The molecule has 0 unspecified atom stereocenters. The minimum absolute atomic E-state index is 0.227. The van der Waals surface area contributed by atoms with Crippen LogP contribution in [0.25, 0.3) is 0 Å². The van der Waals surface area contributed by atoms with Crippen molar-refractivity contribution in [2.24, 2.45) is 0 Å². The van der Waals surface area contributed by atoms with Crippen molar-refractivity contribution < 1.29 is 9.95 Å². The molecule has 0 amide bonds. The van der Waals surface area contributed by atoms with Crippen LogP contribution in [0.5, 0.6) is 0 Å². The average Bonchev–Trinajstić information content (AvgIpc) is 2.73. The van der Waals surface area contributed by atoms with Crippen molar-refractivity contribution in [3.63, 3.8) is 0 Å². The number of hydroxylamine groups is 3. The Morgan fingerprint density at radius 1 is 1.38 bits per heavy atom. The van der Waals surface area contributed by atoms with Crippen LogP contribution >= 0.6 is 11.3 Å². The Morgan fingerprint density at radius 2 is 2.00 bits per heavy atom. The molecule has 0 N–H and O–H groups in total. The van der Waals surface area contributed by atoms with Gasteiger partial charge in [-0.1, -0.05) is 11.1 Å². The van der Waals surface area contributed by atoms with Gasteiger partial charge in [0.05, 0.1) is 0 Å². The fraction of sp³-hybridized carbons (Fsp3) is 0.545. The lowest BCUT2D eigenvalue weighted by molar-refractivity contribution is -0.539. The van der Waals surface area contributed by atoms with Crippen molar-refractivity contribution in [3.05, 3.63) is 27.6 Å². The molecule has 87 valence electrons. The van der Waals surface area contributed by atoms with E-state index >= 15 is 0 Å². The normalized spacial score (nSPS) is 22.9. The van der Waals surface area contributed by atoms with E-state index in [0.717, 1.165) is 14.7 Å². The van der Waals surface area contributed by atoms with E-state index in [1.807, 2.05) is 11.4 Å². The van der Waals surface area contributed by atoms with Crippen LogP contribution in [0.3, 0.4) is 0 Å². The molecule has 1 aliphatic rings. The van der Waals surface area contributed by atoms with Crippen molar-refractivity contribution in [1.29, 1.82) is 0 Å². The molecule has 1 aromatic heterocycles. The zero-order valence-electron chi connectivity index (χ0n) is 9.85. The Morgan fingerprint density at radius 3 is 2.38 bits per heavy atom. The second-order valence-electron chi connectivity index (χ2n) is 5.01. The summed E-state index contributed by atoms with van der Waals surface area (Å²) in [7, 11) is 0. The number of nitrogens with zero attached hydrogens (tertiary/aromatic N) is 2. The van der Waals surface area contributed by atoms with Gasteiger partial charge in [-0.3, -0.25) is 4.74 Å². The molecule has 0 saturated heterocycles. The van der Waals surface area contributed by atoms with Gasteiger partial charge in [0.15, 0.2) is 5.54 Å². The van der Waals surface area contributed by atoms with Gasteiger partial charge in [0.2, 0.25) is 0 Å². The van der Waals surface area contributed by atoms with E-state index in [-0.39, 0.29) is 5.84 Å². The third-order valence-electron chi connectivity index (χ3n) is 3.64. The first-order chi connectivity index (χ1) is 7.30. The fourth-order valence-corrected chi connectivity index (χ4v) is 2.45. The molecule has 0 saturated carbocycles. The van der Waals surface area contributed by atoms with Crippen LogP contribution in [0.15, 0.2) is 17.5 Å². The summed E-state index contributed by atoms with van der Waals surface area (Å²) in [4.78, 5) is 0.726. The molecule has 2 heterocycles. The Balaban J connectivity index is 2.59. The van der Waals surface area contributed by atoms with Crippen molar-refractivity contribution in [2.45, 2.75) is 38.8 Å². The number of amidine groups is 1. The topological polar surface area (TPSA) is 49.2 Å². The molecule has 1 aromatic rings. The van der Waals surface area contributed by atoms with E-state index in [2.05, 4.69) is 0 Å². The molecule has 1 aliphatic heterocycles. The van der Waals surface area contributed by atoms with Gasteiger partial charge < -0.3 is 5.21 Å². The molecular formula is C11H15N2O2S. The minimum Gasteiger partial charge on any atom is -0.714 e. The summed E-state index contributed by atoms with van der Waals surface area (Å²) in [6.07, 6.45) is 0. The number of thiophene rings is 1.